The summed E-state index contributed by atoms with van der Waals surface area (Å²) >= 11 is 1.31. The quantitative estimate of drug-likeness (QED) is 0.785. The van der Waals surface area contributed by atoms with E-state index in [0.29, 0.717) is 22.9 Å². The first kappa shape index (κ1) is 10.1. The fraction of sp³-hybridized carbons (Fsp3) is 0.700. The predicted molar refractivity (Wildman–Crippen MR) is 58.2 cm³/mol. The molecule has 2 saturated carbocycles. The summed E-state index contributed by atoms with van der Waals surface area (Å²) in [7, 11) is 0. The Bertz CT molecular complexity index is 399. The van der Waals surface area contributed by atoms with Crippen molar-refractivity contribution in [1.29, 1.82) is 0 Å². The summed E-state index contributed by atoms with van der Waals surface area (Å²) in [6.45, 7) is 0. The van der Waals surface area contributed by atoms with Crippen molar-refractivity contribution in [2.24, 2.45) is 0 Å². The van der Waals surface area contributed by atoms with Crippen molar-refractivity contribution in [3.05, 3.63) is 5.89 Å². The molecule has 0 bridgehead atoms. The molecule has 2 fully saturated rings. The van der Waals surface area contributed by atoms with Crippen molar-refractivity contribution < 1.29 is 9.21 Å². The van der Waals surface area contributed by atoms with Gasteiger partial charge in [0, 0.05) is 12.0 Å². The molecule has 1 aromatic heterocycles. The molecule has 0 unspecified atom stereocenters. The van der Waals surface area contributed by atoms with Gasteiger partial charge in [0.05, 0.1) is 5.75 Å². The van der Waals surface area contributed by atoms with Crippen LogP contribution < -0.4 is 5.32 Å². The third kappa shape index (κ3) is 2.55. The number of hydrogen-bond acceptors (Lipinski definition) is 5. The number of aromatic nitrogens is 2. The number of thioether (sulfide) groups is 1. The van der Waals surface area contributed by atoms with Gasteiger partial charge in [0.25, 0.3) is 5.22 Å². The van der Waals surface area contributed by atoms with Crippen LogP contribution in [0.2, 0.25) is 0 Å². The Kier molecular flexibility index (Phi) is 2.59. The minimum Gasteiger partial charge on any atom is -0.416 e. The Balaban J connectivity index is 1.47. The van der Waals surface area contributed by atoms with Gasteiger partial charge in [-0.15, -0.1) is 10.2 Å². The average molecular weight is 239 g/mol. The van der Waals surface area contributed by atoms with Crippen molar-refractivity contribution in [3.8, 4) is 0 Å². The maximum absolute atomic E-state index is 11.4. The summed E-state index contributed by atoms with van der Waals surface area (Å²) in [6, 6.07) is 0.415. The molecule has 1 aromatic rings. The van der Waals surface area contributed by atoms with Gasteiger partial charge in [-0.05, 0) is 25.7 Å². The second-order valence-electron chi connectivity index (χ2n) is 4.31. The summed E-state index contributed by atoms with van der Waals surface area (Å²) in [5.74, 6) is 1.62. The number of carbonyl (C=O) groups excluding carboxylic acids is 1. The molecular weight excluding hydrogens is 226 g/mol. The summed E-state index contributed by atoms with van der Waals surface area (Å²) in [5.41, 5.74) is 0. The van der Waals surface area contributed by atoms with E-state index in [-0.39, 0.29) is 5.91 Å². The minimum atomic E-state index is 0.0543. The standard InChI is InChI=1S/C10H13N3O2S/c14-8(11-7-3-4-7)5-16-10-13-12-9(15-10)6-1-2-6/h6-7H,1-5H2,(H,11,14). The smallest absolute Gasteiger partial charge is 0.277 e. The molecular formula is C10H13N3O2S. The van der Waals surface area contributed by atoms with Crippen LogP contribution in [0.5, 0.6) is 0 Å². The number of rotatable bonds is 5. The second kappa shape index (κ2) is 4.08. The van der Waals surface area contributed by atoms with Crippen molar-refractivity contribution >= 4 is 17.7 Å². The predicted octanol–water partition coefficient (Wildman–Crippen LogP) is 1.32. The summed E-state index contributed by atoms with van der Waals surface area (Å²) in [6.07, 6.45) is 4.52. The zero-order valence-corrected chi connectivity index (χ0v) is 9.63. The van der Waals surface area contributed by atoms with Gasteiger partial charge in [0.1, 0.15) is 0 Å². The lowest BCUT2D eigenvalue weighted by atomic mass is 10.4. The monoisotopic (exact) mass is 239 g/mol. The van der Waals surface area contributed by atoms with E-state index >= 15 is 0 Å². The van der Waals surface area contributed by atoms with E-state index in [1.165, 1.54) is 11.8 Å². The van der Waals surface area contributed by atoms with Crippen LogP contribution in [0.4, 0.5) is 0 Å². The van der Waals surface area contributed by atoms with E-state index in [4.69, 9.17) is 4.42 Å². The van der Waals surface area contributed by atoms with Crippen LogP contribution in [-0.2, 0) is 4.79 Å². The van der Waals surface area contributed by atoms with Gasteiger partial charge in [0.2, 0.25) is 11.8 Å². The van der Waals surface area contributed by atoms with Crippen LogP contribution in [0.15, 0.2) is 9.64 Å². The zero-order valence-electron chi connectivity index (χ0n) is 8.81. The van der Waals surface area contributed by atoms with Crippen LogP contribution in [0.3, 0.4) is 0 Å². The van der Waals surface area contributed by atoms with Crippen molar-refractivity contribution in [3.63, 3.8) is 0 Å². The molecule has 0 atom stereocenters. The van der Waals surface area contributed by atoms with Gasteiger partial charge in [0.15, 0.2) is 0 Å². The van der Waals surface area contributed by atoms with Crippen LogP contribution in [0.25, 0.3) is 0 Å². The Morgan fingerprint density at radius 1 is 1.38 bits per heavy atom. The number of nitrogens with one attached hydrogen (secondary N) is 1. The molecule has 1 heterocycles. The third-order valence-corrected chi connectivity index (χ3v) is 3.44. The highest BCUT2D eigenvalue weighted by Gasteiger charge is 2.29. The van der Waals surface area contributed by atoms with Gasteiger partial charge < -0.3 is 9.73 Å². The highest BCUT2D eigenvalue weighted by atomic mass is 32.2. The van der Waals surface area contributed by atoms with Crippen LogP contribution in [0.1, 0.15) is 37.5 Å². The highest BCUT2D eigenvalue weighted by Crippen LogP contribution is 2.39. The summed E-state index contributed by atoms with van der Waals surface area (Å²) in [4.78, 5) is 11.4. The highest BCUT2D eigenvalue weighted by molar-refractivity contribution is 7.99. The lowest BCUT2D eigenvalue weighted by molar-refractivity contribution is -0.118. The Labute approximate surface area is 97.4 Å². The van der Waals surface area contributed by atoms with Gasteiger partial charge in [-0.3, -0.25) is 4.79 Å². The van der Waals surface area contributed by atoms with Gasteiger partial charge in [-0.2, -0.15) is 0 Å². The first-order valence-electron chi connectivity index (χ1n) is 5.57. The second-order valence-corrected chi connectivity index (χ2v) is 5.24. The molecule has 3 rings (SSSR count). The molecule has 0 spiro atoms. The van der Waals surface area contributed by atoms with E-state index < -0.39 is 0 Å². The molecule has 0 aromatic carbocycles. The first-order chi connectivity index (χ1) is 7.81. The van der Waals surface area contributed by atoms with Crippen molar-refractivity contribution in [1.82, 2.24) is 15.5 Å². The van der Waals surface area contributed by atoms with Gasteiger partial charge in [-0.1, -0.05) is 11.8 Å². The molecule has 1 N–H and O–H groups in total. The maximum atomic E-state index is 11.4. The molecule has 0 radical (unpaired) electrons. The number of amides is 1. The minimum absolute atomic E-state index is 0.0543. The van der Waals surface area contributed by atoms with E-state index in [9.17, 15) is 4.79 Å². The average Bonchev–Trinajstić information content (AvgIpc) is 3.18. The Morgan fingerprint density at radius 3 is 2.88 bits per heavy atom. The van der Waals surface area contributed by atoms with Gasteiger partial charge >= 0.3 is 0 Å². The van der Waals surface area contributed by atoms with Gasteiger partial charge in [-0.25, -0.2) is 0 Å². The van der Waals surface area contributed by atoms with E-state index in [0.717, 1.165) is 31.6 Å². The fourth-order valence-electron chi connectivity index (χ4n) is 1.40. The summed E-state index contributed by atoms with van der Waals surface area (Å²) < 4.78 is 5.44. The SMILES string of the molecule is O=C(CSc1nnc(C2CC2)o1)NC1CC1. The number of hydrogen-bond donors (Lipinski definition) is 1. The Morgan fingerprint density at radius 2 is 2.19 bits per heavy atom. The van der Waals surface area contributed by atoms with Crippen LogP contribution in [-0.4, -0.2) is 27.9 Å². The molecule has 5 nitrogen and oxygen atoms in total. The Hall–Kier alpha value is -1.04. The molecule has 86 valence electrons. The third-order valence-electron chi connectivity index (χ3n) is 2.62. The molecule has 0 saturated heterocycles. The maximum Gasteiger partial charge on any atom is 0.277 e. The van der Waals surface area contributed by atoms with E-state index in [1.807, 2.05) is 0 Å². The normalized spacial score (nSPS) is 19.8. The molecule has 16 heavy (non-hydrogen) atoms. The number of nitrogens with zero attached hydrogens (tertiary/aromatic N) is 2. The molecule has 0 aliphatic heterocycles. The largest absolute Gasteiger partial charge is 0.416 e. The number of carbonyl (C=O) groups is 1. The molecule has 1 amide bonds. The van der Waals surface area contributed by atoms with Crippen LogP contribution in [0, 0.1) is 0 Å². The van der Waals surface area contributed by atoms with Crippen LogP contribution >= 0.6 is 11.8 Å². The molecule has 2 aliphatic rings. The topological polar surface area (TPSA) is 68.0 Å². The first-order valence-corrected chi connectivity index (χ1v) is 6.55. The molecule has 6 heteroatoms. The van der Waals surface area contributed by atoms with E-state index in [1.54, 1.807) is 0 Å². The zero-order chi connectivity index (χ0) is 11.0. The lowest BCUT2D eigenvalue weighted by Gasteiger charge is -1.99. The summed E-state index contributed by atoms with van der Waals surface area (Å²) in [5, 5.41) is 11.3. The van der Waals surface area contributed by atoms with E-state index in [2.05, 4.69) is 15.5 Å². The van der Waals surface area contributed by atoms with Crippen molar-refractivity contribution in [2.45, 2.75) is 42.9 Å². The lowest BCUT2D eigenvalue weighted by Crippen LogP contribution is -2.26. The van der Waals surface area contributed by atoms with Crippen molar-refractivity contribution in [2.75, 3.05) is 5.75 Å². The molecule has 2 aliphatic carbocycles. The fourth-order valence-corrected chi connectivity index (χ4v) is 1.98.